The Hall–Kier alpha value is -4.44. The summed E-state index contributed by atoms with van der Waals surface area (Å²) < 4.78 is 0. The predicted octanol–water partition coefficient (Wildman–Crippen LogP) is 5.27. The molecule has 226 valence electrons. The van der Waals surface area contributed by atoms with Gasteiger partial charge in [-0.25, -0.2) is 9.89 Å². The lowest BCUT2D eigenvalue weighted by atomic mass is 10.0. The summed E-state index contributed by atoms with van der Waals surface area (Å²) in [4.78, 5) is 54.8. The largest absolute Gasteiger partial charge is 0.368 e. The van der Waals surface area contributed by atoms with Crippen molar-refractivity contribution in [2.24, 2.45) is 9.98 Å². The second-order valence-electron chi connectivity index (χ2n) is 11.4. The standard InChI is InChI=1S/C34H36N6O3S/c1-23(2)24-12-14-25(15-13-24)35-30(41)22-44-34-37-28-11-7-6-10-27(28)32-36-29(33(43)40(32)34)16-17-31(42)39-20-18-38(19-21-39)26-8-4-3-5-9-26/h3-15,23,29H,16-22H2,1-2H3,(H,35,41)/t29-/m1/s1. The van der Waals surface area contributed by atoms with Gasteiger partial charge in [-0.1, -0.05) is 68.1 Å². The van der Waals surface area contributed by atoms with E-state index in [0.717, 1.165) is 30.0 Å². The molecule has 1 saturated heterocycles. The first kappa shape index (κ1) is 29.6. The number of hydrogen-bond acceptors (Lipinski definition) is 7. The summed E-state index contributed by atoms with van der Waals surface area (Å²) in [7, 11) is 0. The smallest absolute Gasteiger partial charge is 0.259 e. The fourth-order valence-electron chi connectivity index (χ4n) is 5.64. The zero-order valence-corrected chi connectivity index (χ0v) is 25.8. The Morgan fingerprint density at radius 3 is 2.36 bits per heavy atom. The molecule has 0 saturated carbocycles. The summed E-state index contributed by atoms with van der Waals surface area (Å²) in [6.45, 7) is 7.11. The van der Waals surface area contributed by atoms with E-state index in [1.165, 1.54) is 22.2 Å². The molecule has 3 aromatic carbocycles. The Bertz CT molecular complexity index is 1600. The van der Waals surface area contributed by atoms with Crippen molar-refractivity contribution in [3.05, 3.63) is 90.0 Å². The van der Waals surface area contributed by atoms with Crippen LogP contribution in [0.3, 0.4) is 0 Å². The number of nitrogens with one attached hydrogen (secondary N) is 1. The number of aliphatic imine (C=N–C) groups is 2. The van der Waals surface area contributed by atoms with E-state index in [1.54, 1.807) is 0 Å². The van der Waals surface area contributed by atoms with Crippen LogP contribution in [-0.4, -0.2) is 76.5 Å². The number of thioether (sulfide) groups is 1. The predicted molar refractivity (Wildman–Crippen MR) is 177 cm³/mol. The minimum Gasteiger partial charge on any atom is -0.368 e. The number of fused-ring (bicyclic) bond motifs is 3. The van der Waals surface area contributed by atoms with Crippen LogP contribution in [-0.2, 0) is 14.4 Å². The number of hydrogen-bond donors (Lipinski definition) is 1. The molecule has 1 N–H and O–H groups in total. The molecule has 6 rings (SSSR count). The lowest BCUT2D eigenvalue weighted by molar-refractivity contribution is -0.132. The van der Waals surface area contributed by atoms with Crippen LogP contribution in [0.1, 0.15) is 43.7 Å². The van der Waals surface area contributed by atoms with Crippen LogP contribution in [0.2, 0.25) is 0 Å². The number of rotatable bonds is 8. The molecule has 0 aliphatic carbocycles. The summed E-state index contributed by atoms with van der Waals surface area (Å²) in [5.41, 5.74) is 4.56. The molecule has 0 spiro atoms. The van der Waals surface area contributed by atoms with Gasteiger partial charge in [0.1, 0.15) is 11.9 Å². The number of nitrogens with zero attached hydrogens (tertiary/aromatic N) is 5. The van der Waals surface area contributed by atoms with Crippen LogP contribution in [0.4, 0.5) is 17.1 Å². The van der Waals surface area contributed by atoms with Gasteiger partial charge in [-0.05, 0) is 54.3 Å². The maximum absolute atomic E-state index is 13.7. The van der Waals surface area contributed by atoms with Crippen molar-refractivity contribution in [2.45, 2.75) is 38.6 Å². The number of benzene rings is 3. The zero-order valence-electron chi connectivity index (χ0n) is 25.0. The van der Waals surface area contributed by atoms with Crippen molar-refractivity contribution in [2.75, 3.05) is 42.1 Å². The van der Waals surface area contributed by atoms with Crippen LogP contribution in [0.25, 0.3) is 0 Å². The van der Waals surface area contributed by atoms with Gasteiger partial charge >= 0.3 is 0 Å². The quantitative estimate of drug-likeness (QED) is 0.376. The fourth-order valence-corrected chi connectivity index (χ4v) is 6.44. The fraction of sp³-hybridized carbons (Fsp3) is 0.324. The molecule has 0 aromatic heterocycles. The Kier molecular flexibility index (Phi) is 8.79. The highest BCUT2D eigenvalue weighted by molar-refractivity contribution is 8.14. The van der Waals surface area contributed by atoms with Crippen LogP contribution in [0.5, 0.6) is 0 Å². The lowest BCUT2D eigenvalue weighted by Gasteiger charge is -2.36. The van der Waals surface area contributed by atoms with E-state index in [1.807, 2.05) is 71.6 Å². The number of para-hydroxylation sites is 2. The maximum Gasteiger partial charge on any atom is 0.259 e. The Balaban J connectivity index is 1.07. The van der Waals surface area contributed by atoms with Crippen LogP contribution < -0.4 is 10.2 Å². The van der Waals surface area contributed by atoms with E-state index in [2.05, 4.69) is 36.2 Å². The summed E-state index contributed by atoms with van der Waals surface area (Å²) in [5.74, 6) is 0.663. The Morgan fingerprint density at radius 1 is 0.932 bits per heavy atom. The first-order chi connectivity index (χ1) is 21.4. The summed E-state index contributed by atoms with van der Waals surface area (Å²) >= 11 is 1.21. The molecule has 3 amide bonds. The second-order valence-corrected chi connectivity index (χ2v) is 12.4. The van der Waals surface area contributed by atoms with Crippen molar-refractivity contribution < 1.29 is 14.4 Å². The number of amidine groups is 2. The first-order valence-electron chi connectivity index (χ1n) is 15.1. The molecule has 1 fully saturated rings. The molecule has 3 heterocycles. The number of piperazine rings is 1. The molecule has 9 nitrogen and oxygen atoms in total. The van der Waals surface area contributed by atoms with Gasteiger partial charge < -0.3 is 15.1 Å². The average molecular weight is 609 g/mol. The highest BCUT2D eigenvalue weighted by Crippen LogP contribution is 2.34. The highest BCUT2D eigenvalue weighted by Gasteiger charge is 2.41. The van der Waals surface area contributed by atoms with Crippen molar-refractivity contribution in [3.8, 4) is 0 Å². The monoisotopic (exact) mass is 608 g/mol. The lowest BCUT2D eigenvalue weighted by Crippen LogP contribution is -2.49. The zero-order chi connectivity index (χ0) is 30.6. The maximum atomic E-state index is 13.7. The first-order valence-corrected chi connectivity index (χ1v) is 16.1. The van der Waals surface area contributed by atoms with Gasteiger partial charge in [0.2, 0.25) is 11.8 Å². The third-order valence-corrected chi connectivity index (χ3v) is 9.07. The van der Waals surface area contributed by atoms with Crippen molar-refractivity contribution in [3.63, 3.8) is 0 Å². The van der Waals surface area contributed by atoms with Crippen LogP contribution >= 0.6 is 11.8 Å². The molecule has 1 atom stereocenters. The molecular weight excluding hydrogens is 572 g/mol. The van der Waals surface area contributed by atoms with E-state index in [9.17, 15) is 14.4 Å². The molecule has 0 unspecified atom stereocenters. The summed E-state index contributed by atoms with van der Waals surface area (Å²) in [5, 5.41) is 3.35. The van der Waals surface area contributed by atoms with E-state index < -0.39 is 6.04 Å². The third-order valence-electron chi connectivity index (χ3n) is 8.13. The minimum atomic E-state index is -0.676. The van der Waals surface area contributed by atoms with E-state index in [4.69, 9.17) is 9.98 Å². The van der Waals surface area contributed by atoms with Gasteiger partial charge in [0, 0.05) is 49.5 Å². The van der Waals surface area contributed by atoms with Gasteiger partial charge in [-0.2, -0.15) is 0 Å². The molecule has 44 heavy (non-hydrogen) atoms. The van der Waals surface area contributed by atoms with Gasteiger partial charge in [-0.3, -0.25) is 19.4 Å². The molecule has 3 aromatic rings. The Labute approximate surface area is 262 Å². The number of carbonyl (C=O) groups is 3. The number of carbonyl (C=O) groups excluding carboxylic acids is 3. The highest BCUT2D eigenvalue weighted by atomic mass is 32.2. The minimum absolute atomic E-state index is 0.0392. The van der Waals surface area contributed by atoms with Crippen molar-refractivity contribution >= 4 is 57.5 Å². The SMILES string of the molecule is CC(C)c1ccc(NC(=O)CSC2=Nc3ccccc3C3=N[C@H](CCC(=O)N4CCN(c5ccccc5)CC4)C(=O)N23)cc1. The molecular formula is C34H36N6O3S. The van der Waals surface area contributed by atoms with E-state index in [-0.39, 0.29) is 29.9 Å². The summed E-state index contributed by atoms with van der Waals surface area (Å²) in [6, 6.07) is 24.9. The third kappa shape index (κ3) is 6.40. The van der Waals surface area contributed by atoms with Gasteiger partial charge in [0.25, 0.3) is 5.91 Å². The number of anilines is 2. The van der Waals surface area contributed by atoms with Crippen molar-refractivity contribution in [1.29, 1.82) is 0 Å². The van der Waals surface area contributed by atoms with Crippen LogP contribution in [0.15, 0.2) is 88.8 Å². The summed E-state index contributed by atoms with van der Waals surface area (Å²) in [6.07, 6.45) is 0.565. The second kappa shape index (κ2) is 13.1. The number of amides is 3. The average Bonchev–Trinajstić information content (AvgIpc) is 3.39. The Morgan fingerprint density at radius 2 is 1.64 bits per heavy atom. The topological polar surface area (TPSA) is 97.7 Å². The molecule has 3 aliphatic rings. The van der Waals surface area contributed by atoms with Gasteiger partial charge in [-0.15, -0.1) is 0 Å². The van der Waals surface area contributed by atoms with Gasteiger partial charge in [0.05, 0.1) is 11.4 Å². The van der Waals surface area contributed by atoms with Crippen LogP contribution in [0, 0.1) is 0 Å². The molecule has 3 aliphatic heterocycles. The molecule has 10 heteroatoms. The van der Waals surface area contributed by atoms with Gasteiger partial charge in [0.15, 0.2) is 5.17 Å². The van der Waals surface area contributed by atoms with Crippen molar-refractivity contribution in [1.82, 2.24) is 9.80 Å². The molecule has 0 radical (unpaired) electrons. The normalized spacial score (nSPS) is 17.7. The van der Waals surface area contributed by atoms with E-state index in [0.29, 0.717) is 42.1 Å². The van der Waals surface area contributed by atoms with E-state index >= 15 is 0 Å². The molecule has 0 bridgehead atoms.